The zero-order valence-corrected chi connectivity index (χ0v) is 16.8. The van der Waals surface area contributed by atoms with Crippen LogP contribution in [0.3, 0.4) is 0 Å². The molecule has 0 fully saturated rings. The molecular formula is C25H36O. The van der Waals surface area contributed by atoms with Crippen LogP contribution in [0.2, 0.25) is 0 Å². The van der Waals surface area contributed by atoms with Gasteiger partial charge in [-0.1, -0.05) is 95.2 Å². The molecule has 0 radical (unpaired) electrons. The second-order valence-corrected chi connectivity index (χ2v) is 7.44. The van der Waals surface area contributed by atoms with E-state index in [0.717, 1.165) is 24.0 Å². The highest BCUT2D eigenvalue weighted by Gasteiger charge is 2.14. The first-order valence-corrected chi connectivity index (χ1v) is 10.7. The van der Waals surface area contributed by atoms with Gasteiger partial charge in [-0.05, 0) is 48.4 Å². The monoisotopic (exact) mass is 352 g/mol. The van der Waals surface area contributed by atoms with Gasteiger partial charge in [-0.15, -0.1) is 0 Å². The van der Waals surface area contributed by atoms with Crippen LogP contribution in [-0.4, -0.2) is 5.11 Å². The molecule has 1 heteroatoms. The average Bonchev–Trinajstić information content (AvgIpc) is 2.67. The fourth-order valence-electron chi connectivity index (χ4n) is 3.77. The van der Waals surface area contributed by atoms with Crippen molar-refractivity contribution in [1.82, 2.24) is 0 Å². The van der Waals surface area contributed by atoms with Gasteiger partial charge in [0, 0.05) is 5.56 Å². The molecule has 0 spiro atoms. The van der Waals surface area contributed by atoms with E-state index in [9.17, 15) is 5.11 Å². The van der Waals surface area contributed by atoms with Gasteiger partial charge in [-0.25, -0.2) is 0 Å². The summed E-state index contributed by atoms with van der Waals surface area (Å²) in [6.07, 6.45) is 13.8. The van der Waals surface area contributed by atoms with E-state index in [1.54, 1.807) is 0 Å². The summed E-state index contributed by atoms with van der Waals surface area (Å²) in [6, 6.07) is 14.5. The van der Waals surface area contributed by atoms with Gasteiger partial charge in [0.05, 0.1) is 0 Å². The summed E-state index contributed by atoms with van der Waals surface area (Å²) in [6.45, 7) is 4.52. The molecular weight excluding hydrogens is 316 g/mol. The Morgan fingerprint density at radius 1 is 0.654 bits per heavy atom. The fourth-order valence-corrected chi connectivity index (χ4v) is 3.77. The van der Waals surface area contributed by atoms with Crippen LogP contribution in [0.4, 0.5) is 0 Å². The molecule has 0 heterocycles. The molecule has 1 nitrogen and oxygen atoms in total. The van der Waals surface area contributed by atoms with Gasteiger partial charge in [0.1, 0.15) is 5.75 Å². The van der Waals surface area contributed by atoms with E-state index in [2.05, 4.69) is 44.2 Å². The van der Waals surface area contributed by atoms with Crippen LogP contribution in [0.15, 0.2) is 42.5 Å². The third kappa shape index (κ3) is 6.20. The highest BCUT2D eigenvalue weighted by Crippen LogP contribution is 2.36. The first kappa shape index (κ1) is 20.6. The molecule has 0 aliphatic rings. The molecule has 0 unspecified atom stereocenters. The molecule has 0 aliphatic heterocycles. The maximum absolute atomic E-state index is 10.6. The summed E-state index contributed by atoms with van der Waals surface area (Å²) in [5.41, 5.74) is 5.02. The second kappa shape index (κ2) is 11.8. The minimum Gasteiger partial charge on any atom is -0.507 e. The number of aryl methyl sites for hydroxylation is 1. The number of benzene rings is 2. The lowest BCUT2D eigenvalue weighted by Crippen LogP contribution is -1.99. The largest absolute Gasteiger partial charge is 0.507 e. The summed E-state index contributed by atoms with van der Waals surface area (Å²) in [5.74, 6) is 0.427. The number of phenols is 1. The van der Waals surface area contributed by atoms with Crippen molar-refractivity contribution in [1.29, 1.82) is 0 Å². The van der Waals surface area contributed by atoms with Gasteiger partial charge >= 0.3 is 0 Å². The third-order valence-electron chi connectivity index (χ3n) is 5.28. The van der Waals surface area contributed by atoms with Gasteiger partial charge < -0.3 is 5.11 Å². The van der Waals surface area contributed by atoms with E-state index < -0.39 is 0 Å². The van der Waals surface area contributed by atoms with Crippen LogP contribution in [0, 0.1) is 0 Å². The Labute approximate surface area is 160 Å². The Hall–Kier alpha value is -1.76. The number of rotatable bonds is 12. The lowest BCUT2D eigenvalue weighted by Gasteiger charge is -2.17. The minimum atomic E-state index is 0.427. The Kier molecular flexibility index (Phi) is 9.31. The summed E-state index contributed by atoms with van der Waals surface area (Å²) in [7, 11) is 0. The molecule has 26 heavy (non-hydrogen) atoms. The summed E-state index contributed by atoms with van der Waals surface area (Å²) in [4.78, 5) is 0. The third-order valence-corrected chi connectivity index (χ3v) is 5.28. The quantitative estimate of drug-likeness (QED) is 0.388. The lowest BCUT2D eigenvalue weighted by molar-refractivity contribution is 0.476. The molecule has 0 saturated carbocycles. The fraction of sp³-hybridized carbons (Fsp3) is 0.520. The van der Waals surface area contributed by atoms with E-state index in [0.29, 0.717) is 5.75 Å². The van der Waals surface area contributed by atoms with E-state index in [4.69, 9.17) is 0 Å². The Morgan fingerprint density at radius 2 is 1.27 bits per heavy atom. The molecule has 0 aromatic heterocycles. The average molecular weight is 353 g/mol. The number of aromatic hydroxyl groups is 1. The SMILES string of the molecule is CCCCCCCCc1c(CCCCC)ccc(O)c1-c1ccccc1. The standard InChI is InChI=1S/C25H36O/c1-3-5-7-8-9-14-18-23-21(15-11-6-4-2)19-20-24(26)25(23)22-16-12-10-13-17-22/h10,12-13,16-17,19-20,26H,3-9,11,14-15,18H2,1-2H3. The second-order valence-electron chi connectivity index (χ2n) is 7.44. The number of hydrogen-bond acceptors (Lipinski definition) is 1. The molecule has 0 saturated heterocycles. The van der Waals surface area contributed by atoms with Crippen LogP contribution in [0.5, 0.6) is 5.75 Å². The van der Waals surface area contributed by atoms with Crippen LogP contribution < -0.4 is 0 Å². The van der Waals surface area contributed by atoms with Crippen molar-refractivity contribution in [3.63, 3.8) is 0 Å². The molecule has 0 atom stereocenters. The summed E-state index contributed by atoms with van der Waals surface area (Å²) >= 11 is 0. The van der Waals surface area contributed by atoms with E-state index in [1.165, 1.54) is 68.9 Å². The molecule has 0 bridgehead atoms. The lowest BCUT2D eigenvalue weighted by atomic mass is 9.89. The highest BCUT2D eigenvalue weighted by molar-refractivity contribution is 5.75. The minimum absolute atomic E-state index is 0.427. The molecule has 2 rings (SSSR count). The smallest absolute Gasteiger partial charge is 0.123 e. The predicted molar refractivity (Wildman–Crippen MR) is 114 cm³/mol. The predicted octanol–water partition coefficient (Wildman–Crippen LogP) is 7.69. The molecule has 0 aliphatic carbocycles. The Bertz CT molecular complexity index is 630. The van der Waals surface area contributed by atoms with Crippen molar-refractivity contribution in [2.24, 2.45) is 0 Å². The van der Waals surface area contributed by atoms with Gasteiger partial charge in [0.25, 0.3) is 0 Å². The van der Waals surface area contributed by atoms with E-state index >= 15 is 0 Å². The molecule has 0 amide bonds. The maximum Gasteiger partial charge on any atom is 0.123 e. The van der Waals surface area contributed by atoms with Gasteiger partial charge in [0.15, 0.2) is 0 Å². The normalized spacial score (nSPS) is 11.0. The zero-order chi connectivity index (χ0) is 18.6. The van der Waals surface area contributed by atoms with E-state index in [-0.39, 0.29) is 0 Å². The van der Waals surface area contributed by atoms with Crippen molar-refractivity contribution < 1.29 is 5.11 Å². The number of phenolic OH excluding ortho intramolecular Hbond substituents is 1. The highest BCUT2D eigenvalue weighted by atomic mass is 16.3. The summed E-state index contributed by atoms with van der Waals surface area (Å²) < 4.78 is 0. The number of unbranched alkanes of at least 4 members (excludes halogenated alkanes) is 7. The van der Waals surface area contributed by atoms with Crippen LogP contribution >= 0.6 is 0 Å². The Balaban J connectivity index is 2.19. The summed E-state index contributed by atoms with van der Waals surface area (Å²) in [5, 5.41) is 10.6. The van der Waals surface area contributed by atoms with Gasteiger partial charge in [-0.2, -0.15) is 0 Å². The molecule has 2 aromatic rings. The van der Waals surface area contributed by atoms with Gasteiger partial charge in [-0.3, -0.25) is 0 Å². The van der Waals surface area contributed by atoms with Crippen molar-refractivity contribution in [2.75, 3.05) is 0 Å². The number of hydrogen-bond donors (Lipinski definition) is 1. The molecule has 1 N–H and O–H groups in total. The first-order valence-electron chi connectivity index (χ1n) is 10.7. The van der Waals surface area contributed by atoms with Crippen molar-refractivity contribution in [2.45, 2.75) is 84.5 Å². The van der Waals surface area contributed by atoms with Crippen LogP contribution in [0.1, 0.15) is 82.8 Å². The Morgan fingerprint density at radius 3 is 2.00 bits per heavy atom. The van der Waals surface area contributed by atoms with E-state index in [1.807, 2.05) is 12.1 Å². The van der Waals surface area contributed by atoms with Crippen LogP contribution in [-0.2, 0) is 12.8 Å². The zero-order valence-electron chi connectivity index (χ0n) is 16.8. The van der Waals surface area contributed by atoms with Crippen LogP contribution in [0.25, 0.3) is 11.1 Å². The van der Waals surface area contributed by atoms with Crippen molar-refractivity contribution in [3.8, 4) is 16.9 Å². The van der Waals surface area contributed by atoms with Crippen molar-refractivity contribution in [3.05, 3.63) is 53.6 Å². The van der Waals surface area contributed by atoms with Gasteiger partial charge in [0.2, 0.25) is 0 Å². The molecule has 142 valence electrons. The molecule has 2 aromatic carbocycles. The maximum atomic E-state index is 10.6. The first-order chi connectivity index (χ1) is 12.8. The van der Waals surface area contributed by atoms with Crippen molar-refractivity contribution >= 4 is 0 Å². The topological polar surface area (TPSA) is 20.2 Å².